The largest absolute Gasteiger partial charge is 0.494 e. The zero-order valence-electron chi connectivity index (χ0n) is 25.7. The Labute approximate surface area is 257 Å². The molecule has 2 atom stereocenters. The van der Waals surface area contributed by atoms with Crippen LogP contribution in [0.3, 0.4) is 0 Å². The zero-order valence-corrected chi connectivity index (χ0v) is 25.7. The molecular weight excluding hydrogens is 554 g/mol. The van der Waals surface area contributed by atoms with Gasteiger partial charge in [0.05, 0.1) is 30.1 Å². The minimum absolute atomic E-state index is 0.0142. The van der Waals surface area contributed by atoms with E-state index in [9.17, 15) is 9.59 Å². The van der Waals surface area contributed by atoms with E-state index in [0.717, 1.165) is 91.0 Å². The van der Waals surface area contributed by atoms with Gasteiger partial charge in [-0.05, 0) is 88.1 Å². The Morgan fingerprint density at radius 3 is 2.61 bits per heavy atom. The van der Waals surface area contributed by atoms with Crippen LogP contribution in [-0.2, 0) is 11.3 Å². The summed E-state index contributed by atoms with van der Waals surface area (Å²) in [6.07, 6.45) is 8.00. The van der Waals surface area contributed by atoms with E-state index in [2.05, 4.69) is 34.3 Å². The van der Waals surface area contributed by atoms with Gasteiger partial charge in [-0.3, -0.25) is 9.59 Å². The Morgan fingerprint density at radius 2 is 1.91 bits per heavy atom. The van der Waals surface area contributed by atoms with E-state index in [1.807, 2.05) is 21.9 Å². The average molecular weight is 596 g/mol. The molecule has 2 aliphatic carbocycles. The van der Waals surface area contributed by atoms with Gasteiger partial charge < -0.3 is 29.4 Å². The number of hydrogen-bond donors (Lipinski definition) is 1. The van der Waals surface area contributed by atoms with Crippen LogP contribution in [0, 0.1) is 5.92 Å². The summed E-state index contributed by atoms with van der Waals surface area (Å²) in [6.45, 7) is 5.05. The summed E-state index contributed by atoms with van der Waals surface area (Å²) in [6, 6.07) is 10.5. The highest BCUT2D eigenvalue weighted by Crippen LogP contribution is 2.45. The van der Waals surface area contributed by atoms with Crippen LogP contribution in [0.2, 0.25) is 0 Å². The predicted molar refractivity (Wildman–Crippen MR) is 168 cm³/mol. The Hall–Kier alpha value is -3.92. The minimum atomic E-state index is -0.0622. The second kappa shape index (κ2) is 10.6. The van der Waals surface area contributed by atoms with Crippen molar-refractivity contribution in [2.24, 2.45) is 11.7 Å². The molecule has 8 rings (SSSR count). The molecule has 2 saturated heterocycles. The zero-order chi connectivity index (χ0) is 30.1. The Bertz CT molecular complexity index is 1780. The van der Waals surface area contributed by atoms with Crippen LogP contribution >= 0.6 is 0 Å². The first-order valence-electron chi connectivity index (χ1n) is 16.3. The first kappa shape index (κ1) is 27.6. The first-order valence-corrected chi connectivity index (χ1v) is 16.3. The van der Waals surface area contributed by atoms with Crippen LogP contribution in [0.4, 0.5) is 0 Å². The lowest BCUT2D eigenvalue weighted by Gasteiger charge is -2.30. The summed E-state index contributed by atoms with van der Waals surface area (Å²) >= 11 is 0. The second-order valence-corrected chi connectivity index (χ2v) is 13.3. The molecule has 2 saturated carbocycles. The van der Waals surface area contributed by atoms with Crippen molar-refractivity contribution in [1.82, 2.24) is 28.9 Å². The summed E-state index contributed by atoms with van der Waals surface area (Å²) in [5.41, 5.74) is 11.4. The van der Waals surface area contributed by atoms with Crippen molar-refractivity contribution in [2.75, 3.05) is 26.7 Å². The first-order chi connectivity index (χ1) is 21.4. The Balaban J connectivity index is 1.26. The van der Waals surface area contributed by atoms with E-state index in [-0.39, 0.29) is 23.9 Å². The van der Waals surface area contributed by atoms with Gasteiger partial charge in [0.2, 0.25) is 5.91 Å². The average Bonchev–Trinajstić information content (AvgIpc) is 3.94. The van der Waals surface area contributed by atoms with Crippen LogP contribution in [0.1, 0.15) is 86.4 Å². The number of amides is 2. The fourth-order valence-corrected chi connectivity index (χ4v) is 7.26. The van der Waals surface area contributed by atoms with E-state index in [1.54, 1.807) is 7.11 Å². The van der Waals surface area contributed by atoms with Gasteiger partial charge in [-0.25, -0.2) is 9.97 Å². The molecule has 4 aliphatic rings. The van der Waals surface area contributed by atoms with Crippen molar-refractivity contribution >= 4 is 33.9 Å². The molecule has 44 heavy (non-hydrogen) atoms. The lowest BCUT2D eigenvalue weighted by molar-refractivity contribution is -0.129. The molecule has 4 fully saturated rings. The maximum absolute atomic E-state index is 13.6. The molecule has 3 aromatic heterocycles. The molecular formula is C34H41N7O3. The topological polar surface area (TPSA) is 112 Å². The smallest absolute Gasteiger partial charge is 0.254 e. The van der Waals surface area contributed by atoms with Crippen molar-refractivity contribution < 1.29 is 14.3 Å². The van der Waals surface area contributed by atoms with Crippen molar-refractivity contribution in [3.63, 3.8) is 0 Å². The monoisotopic (exact) mass is 595 g/mol. The Morgan fingerprint density at radius 1 is 1.07 bits per heavy atom. The maximum Gasteiger partial charge on any atom is 0.254 e. The van der Waals surface area contributed by atoms with Gasteiger partial charge in [-0.15, -0.1) is 0 Å². The van der Waals surface area contributed by atoms with E-state index in [4.69, 9.17) is 20.4 Å². The number of hydrogen-bond acceptors (Lipinski definition) is 6. The molecule has 2 amide bonds. The van der Waals surface area contributed by atoms with Crippen LogP contribution in [0.25, 0.3) is 33.6 Å². The number of rotatable bonds is 8. The predicted octanol–water partition coefficient (Wildman–Crippen LogP) is 5.05. The number of fused-ring (bicyclic) bond motifs is 2. The number of pyridine rings is 1. The number of imidazole rings is 1. The molecule has 0 radical (unpaired) electrons. The molecule has 2 aliphatic heterocycles. The fraction of sp³-hybridized carbons (Fsp3) is 0.529. The fourth-order valence-electron chi connectivity index (χ4n) is 7.26. The van der Waals surface area contributed by atoms with Crippen molar-refractivity contribution in [3.05, 3.63) is 41.6 Å². The SMILES string of the molecule is COc1cc(C(=O)N2CCC[C@@H](N)C2)cc2nc(-c3cc4ccc([C@@H](C)N5CCCC5=O)nc4n3CC3CC3)n(C3CC3)c12. The van der Waals surface area contributed by atoms with Crippen LogP contribution in [-0.4, -0.2) is 73.5 Å². The normalized spacial score (nSPS) is 21.5. The third-order valence-corrected chi connectivity index (χ3v) is 10.0. The molecule has 2 N–H and O–H groups in total. The van der Waals surface area contributed by atoms with Gasteiger partial charge >= 0.3 is 0 Å². The number of aromatic nitrogens is 4. The number of ether oxygens (including phenoxy) is 1. The molecule has 10 heteroatoms. The number of carbonyl (C=O) groups excluding carboxylic acids is 2. The van der Waals surface area contributed by atoms with Gasteiger partial charge in [0.25, 0.3) is 5.91 Å². The second-order valence-electron chi connectivity index (χ2n) is 13.3. The highest BCUT2D eigenvalue weighted by molar-refractivity contribution is 6.00. The Kier molecular flexibility index (Phi) is 6.66. The number of likely N-dealkylation sites (tertiary alicyclic amines) is 2. The third kappa shape index (κ3) is 4.74. The minimum Gasteiger partial charge on any atom is -0.494 e. The molecule has 10 nitrogen and oxygen atoms in total. The lowest BCUT2D eigenvalue weighted by Crippen LogP contribution is -2.45. The molecule has 230 valence electrons. The number of nitrogens with two attached hydrogens (primary N) is 1. The van der Waals surface area contributed by atoms with Crippen LogP contribution in [0.15, 0.2) is 30.3 Å². The molecule has 5 heterocycles. The van der Waals surface area contributed by atoms with Crippen molar-refractivity contribution in [2.45, 2.75) is 83.0 Å². The van der Waals surface area contributed by atoms with Crippen LogP contribution in [0.5, 0.6) is 5.75 Å². The quantitative estimate of drug-likeness (QED) is 0.305. The third-order valence-electron chi connectivity index (χ3n) is 10.0. The number of piperidine rings is 1. The highest BCUT2D eigenvalue weighted by atomic mass is 16.5. The van der Waals surface area contributed by atoms with Crippen LogP contribution < -0.4 is 10.5 Å². The molecule has 1 aromatic carbocycles. The lowest BCUT2D eigenvalue weighted by atomic mass is 10.0. The van der Waals surface area contributed by atoms with Crippen molar-refractivity contribution in [3.8, 4) is 17.3 Å². The molecule has 0 spiro atoms. The number of nitrogens with zero attached hydrogens (tertiary/aromatic N) is 6. The maximum atomic E-state index is 13.6. The summed E-state index contributed by atoms with van der Waals surface area (Å²) < 4.78 is 10.6. The van der Waals surface area contributed by atoms with E-state index in [1.165, 1.54) is 12.8 Å². The van der Waals surface area contributed by atoms with E-state index < -0.39 is 0 Å². The number of benzene rings is 1. The van der Waals surface area contributed by atoms with Gasteiger partial charge in [0, 0.05) is 55.6 Å². The standard InChI is InChI=1S/C34H41N7O3/c1-20(39-14-4-6-30(39)42)26-12-9-22-16-28(40(32(22)36-26)18-21-7-8-21)33-37-27-15-23(34(43)38-13-3-5-24(35)19-38)17-29(44-2)31(27)41(33)25-10-11-25/h9,12,15-17,20-21,24-25H,3-8,10-11,13-14,18-19,35H2,1-2H3/t20-,24-/m1/s1. The number of carbonyl (C=O) groups is 2. The molecule has 4 aromatic rings. The molecule has 0 bridgehead atoms. The number of methoxy groups -OCH3 is 1. The summed E-state index contributed by atoms with van der Waals surface area (Å²) in [4.78, 5) is 40.4. The highest BCUT2D eigenvalue weighted by Gasteiger charge is 2.34. The van der Waals surface area contributed by atoms with Gasteiger partial charge in [-0.2, -0.15) is 0 Å². The van der Waals surface area contributed by atoms with E-state index in [0.29, 0.717) is 36.2 Å². The summed E-state index contributed by atoms with van der Waals surface area (Å²) in [5.74, 6) is 2.39. The summed E-state index contributed by atoms with van der Waals surface area (Å²) in [7, 11) is 1.67. The van der Waals surface area contributed by atoms with Gasteiger partial charge in [-0.1, -0.05) is 0 Å². The molecule has 0 unspecified atom stereocenters. The summed E-state index contributed by atoms with van der Waals surface area (Å²) in [5, 5.41) is 1.07. The van der Waals surface area contributed by atoms with Gasteiger partial charge in [0.15, 0.2) is 5.82 Å². The van der Waals surface area contributed by atoms with E-state index >= 15 is 0 Å². The van der Waals surface area contributed by atoms with Crippen molar-refractivity contribution in [1.29, 1.82) is 0 Å². The van der Waals surface area contributed by atoms with Gasteiger partial charge in [0.1, 0.15) is 16.9 Å².